The Kier molecular flexibility index (Phi) is 6.57. The largest absolute Gasteiger partial charge is 0.369 e. The third-order valence-electron chi connectivity index (χ3n) is 6.61. The van der Waals surface area contributed by atoms with Crippen molar-refractivity contribution in [3.8, 4) is 0 Å². The van der Waals surface area contributed by atoms with Crippen LogP contribution in [0.5, 0.6) is 0 Å². The number of aliphatic imine (C=N–C) groups is 1. The molecule has 1 aliphatic rings. The average Bonchev–Trinajstić information content (AvgIpc) is 3.45. The van der Waals surface area contributed by atoms with Gasteiger partial charge in [0, 0.05) is 17.4 Å². The molecule has 4 aromatic rings. The summed E-state index contributed by atoms with van der Waals surface area (Å²) >= 11 is 0. The number of amides is 1. The number of nitrogens with zero attached hydrogens (tertiary/aromatic N) is 2. The van der Waals surface area contributed by atoms with Crippen LogP contribution in [-0.2, 0) is 26.9 Å². The summed E-state index contributed by atoms with van der Waals surface area (Å²) in [6.45, 7) is 2.59. The molecule has 1 aliphatic heterocycles. The number of fused-ring (bicyclic) bond motifs is 1. The molecule has 190 valence electrons. The number of carbonyl (C=O) groups excluding carboxylic acids is 1. The van der Waals surface area contributed by atoms with Crippen molar-refractivity contribution in [3.63, 3.8) is 0 Å². The van der Waals surface area contributed by atoms with Crippen LogP contribution >= 0.6 is 0 Å². The molecule has 1 aromatic heterocycles. The maximum atomic E-state index is 14.0. The highest BCUT2D eigenvalue weighted by atomic mass is 32.2. The molecule has 0 radical (unpaired) electrons. The van der Waals surface area contributed by atoms with Gasteiger partial charge >= 0.3 is 0 Å². The maximum Gasteiger partial charge on any atom is 0.266 e. The van der Waals surface area contributed by atoms with E-state index in [9.17, 15) is 13.2 Å². The van der Waals surface area contributed by atoms with Gasteiger partial charge in [0.1, 0.15) is 5.03 Å². The number of rotatable bonds is 9. The summed E-state index contributed by atoms with van der Waals surface area (Å²) in [7, 11) is -3.63. The number of aromatic nitrogens is 1. The summed E-state index contributed by atoms with van der Waals surface area (Å²) in [6, 6.07) is 26.0. The third-order valence-corrected chi connectivity index (χ3v) is 7.99. The fraction of sp³-hybridized carbons (Fsp3) is 0.214. The van der Waals surface area contributed by atoms with Crippen molar-refractivity contribution in [2.24, 2.45) is 10.7 Å². The Labute approximate surface area is 216 Å². The van der Waals surface area contributed by atoms with Crippen molar-refractivity contribution in [2.45, 2.75) is 36.9 Å². The van der Waals surface area contributed by atoms with E-state index < -0.39 is 15.6 Å². The van der Waals surface area contributed by atoms with E-state index in [1.54, 1.807) is 6.07 Å². The first-order valence-corrected chi connectivity index (χ1v) is 13.7. The Bertz CT molecular complexity index is 1520. The predicted molar refractivity (Wildman–Crippen MR) is 144 cm³/mol. The average molecular weight is 516 g/mol. The molecule has 0 spiro atoms. The van der Waals surface area contributed by atoms with Gasteiger partial charge in [0.2, 0.25) is 0 Å². The molecule has 0 saturated carbocycles. The van der Waals surface area contributed by atoms with Crippen LogP contribution in [0.3, 0.4) is 0 Å². The minimum Gasteiger partial charge on any atom is -0.369 e. The fourth-order valence-electron chi connectivity index (χ4n) is 4.67. The zero-order valence-corrected chi connectivity index (χ0v) is 21.3. The molecule has 0 bridgehead atoms. The lowest BCUT2D eigenvalue weighted by atomic mass is 9.83. The number of guanidine groups is 1. The van der Waals surface area contributed by atoms with Gasteiger partial charge in [-0.05, 0) is 35.2 Å². The number of unbranched alkanes of at least 4 members (excludes halogenated alkanes) is 1. The first-order chi connectivity index (χ1) is 17.8. The second-order valence-electron chi connectivity index (χ2n) is 9.11. The zero-order chi connectivity index (χ0) is 26.0. The lowest BCUT2D eigenvalue weighted by molar-refractivity contribution is -0.130. The highest BCUT2D eigenvalue weighted by molar-refractivity contribution is 7.89. The number of carbonyl (C=O) groups is 1. The van der Waals surface area contributed by atoms with Crippen molar-refractivity contribution in [1.82, 2.24) is 14.6 Å². The molecular weight excluding hydrogens is 486 g/mol. The number of sulfonamides is 1. The van der Waals surface area contributed by atoms with Gasteiger partial charge in [-0.15, -0.1) is 0 Å². The first-order valence-electron chi connectivity index (χ1n) is 12.2. The van der Waals surface area contributed by atoms with E-state index in [0.29, 0.717) is 12.1 Å². The zero-order valence-electron chi connectivity index (χ0n) is 20.5. The van der Waals surface area contributed by atoms with Gasteiger partial charge in [-0.3, -0.25) is 9.69 Å². The molecular formula is C28H29N5O3S. The number of hydrogen-bond donors (Lipinski definition) is 3. The van der Waals surface area contributed by atoms with Gasteiger partial charge in [-0.2, -0.15) is 0 Å². The molecule has 0 saturated heterocycles. The summed E-state index contributed by atoms with van der Waals surface area (Å²) in [5.41, 5.74) is 8.02. The number of benzene rings is 3. The van der Waals surface area contributed by atoms with Gasteiger partial charge in [0.15, 0.2) is 11.5 Å². The number of nitrogens with two attached hydrogens (primary N) is 1. The summed E-state index contributed by atoms with van der Waals surface area (Å²) in [5, 5.41) is 0.873. The minimum atomic E-state index is -3.63. The van der Waals surface area contributed by atoms with Crippen molar-refractivity contribution in [1.29, 1.82) is 0 Å². The van der Waals surface area contributed by atoms with Gasteiger partial charge in [0.05, 0.1) is 6.54 Å². The van der Waals surface area contributed by atoms with Crippen LogP contribution in [-0.4, -0.2) is 36.7 Å². The molecule has 0 aliphatic carbocycles. The topological polar surface area (TPSA) is 121 Å². The molecule has 37 heavy (non-hydrogen) atoms. The number of aromatic amines is 1. The molecule has 9 heteroatoms. The molecule has 5 rings (SSSR count). The highest BCUT2D eigenvalue weighted by Crippen LogP contribution is 2.40. The Morgan fingerprint density at radius 3 is 2.24 bits per heavy atom. The summed E-state index contributed by atoms with van der Waals surface area (Å²) in [4.78, 5) is 23.2. The fourth-order valence-corrected chi connectivity index (χ4v) is 5.76. The van der Waals surface area contributed by atoms with Crippen LogP contribution < -0.4 is 10.5 Å². The van der Waals surface area contributed by atoms with E-state index in [0.717, 1.165) is 34.9 Å². The maximum absolute atomic E-state index is 14.0. The molecule has 0 fully saturated rings. The van der Waals surface area contributed by atoms with Gasteiger partial charge in [-0.1, -0.05) is 86.1 Å². The second kappa shape index (κ2) is 9.84. The smallest absolute Gasteiger partial charge is 0.266 e. The Balaban J connectivity index is 1.46. The third kappa shape index (κ3) is 4.52. The highest BCUT2D eigenvalue weighted by Gasteiger charge is 2.50. The number of nitrogens with one attached hydrogen (secondary N) is 2. The second-order valence-corrected chi connectivity index (χ2v) is 10.8. The van der Waals surface area contributed by atoms with Crippen molar-refractivity contribution < 1.29 is 13.2 Å². The standard InChI is InChI=1S/C28H29N5O3S/c1-2-3-16-30-37(35,36)25-18-21-15-14-20(17-24(21)31-25)19-33-26(34)28(32-27(33)29,22-10-6-4-7-11-22)23-12-8-5-9-13-23/h4-15,17-18,30-31H,2-3,16,19H2,1H3,(H2,29,32). The summed E-state index contributed by atoms with van der Waals surface area (Å²) in [5.74, 6) is -0.106. The lowest BCUT2D eigenvalue weighted by Crippen LogP contribution is -2.43. The quantitative estimate of drug-likeness (QED) is 0.293. The van der Waals surface area contributed by atoms with E-state index in [1.165, 1.54) is 4.90 Å². The van der Waals surface area contributed by atoms with Gasteiger partial charge < -0.3 is 10.7 Å². The van der Waals surface area contributed by atoms with Gasteiger partial charge in [-0.25, -0.2) is 18.1 Å². The normalized spacial score (nSPS) is 15.3. The number of H-pyrrole nitrogens is 1. The lowest BCUT2D eigenvalue weighted by Gasteiger charge is -2.27. The molecule has 0 unspecified atom stereocenters. The molecule has 0 atom stereocenters. The molecule has 8 nitrogen and oxygen atoms in total. The van der Waals surface area contributed by atoms with Crippen molar-refractivity contribution in [3.05, 3.63) is 102 Å². The SMILES string of the molecule is CCCCNS(=O)(=O)c1cc2ccc(CN3C(=O)C(c4ccccc4)(c4ccccc4)N=C3N)cc2[nH]1. The number of hydrogen-bond acceptors (Lipinski definition) is 5. The molecule has 1 amide bonds. The van der Waals surface area contributed by atoms with E-state index in [-0.39, 0.29) is 23.4 Å². The molecule has 2 heterocycles. The monoisotopic (exact) mass is 515 g/mol. The molecule has 3 aromatic carbocycles. The van der Waals surface area contributed by atoms with Crippen LogP contribution in [0.4, 0.5) is 0 Å². The van der Waals surface area contributed by atoms with Crippen LogP contribution in [0, 0.1) is 0 Å². The van der Waals surface area contributed by atoms with Crippen LogP contribution in [0.1, 0.15) is 36.5 Å². The Morgan fingerprint density at radius 1 is 0.973 bits per heavy atom. The molecule has 4 N–H and O–H groups in total. The minimum absolute atomic E-state index is 0.112. The summed E-state index contributed by atoms with van der Waals surface area (Å²) in [6.07, 6.45) is 1.67. The Morgan fingerprint density at radius 2 is 1.62 bits per heavy atom. The van der Waals surface area contributed by atoms with Gasteiger partial charge in [0.25, 0.3) is 15.9 Å². The van der Waals surface area contributed by atoms with Crippen molar-refractivity contribution in [2.75, 3.05) is 6.54 Å². The van der Waals surface area contributed by atoms with E-state index in [1.807, 2.05) is 85.8 Å². The van der Waals surface area contributed by atoms with E-state index in [4.69, 9.17) is 10.7 Å². The summed E-state index contributed by atoms with van der Waals surface area (Å²) < 4.78 is 27.9. The first kappa shape index (κ1) is 24.7. The predicted octanol–water partition coefficient (Wildman–Crippen LogP) is 3.85. The van der Waals surface area contributed by atoms with Crippen molar-refractivity contribution >= 4 is 32.8 Å². The van der Waals surface area contributed by atoms with E-state index in [2.05, 4.69) is 9.71 Å². The Hall–Kier alpha value is -3.95. The van der Waals surface area contributed by atoms with E-state index >= 15 is 0 Å². The van der Waals surface area contributed by atoms with Crippen LogP contribution in [0.25, 0.3) is 10.9 Å². The van der Waals surface area contributed by atoms with Crippen LogP contribution in [0.15, 0.2) is 94.9 Å². The van der Waals surface area contributed by atoms with Crippen LogP contribution in [0.2, 0.25) is 0 Å².